The summed E-state index contributed by atoms with van der Waals surface area (Å²) in [4.78, 5) is 27.7. The summed E-state index contributed by atoms with van der Waals surface area (Å²) >= 11 is 6.24. The van der Waals surface area contributed by atoms with Crippen molar-refractivity contribution in [2.24, 2.45) is 5.92 Å². The van der Waals surface area contributed by atoms with E-state index in [-0.39, 0.29) is 23.8 Å². The van der Waals surface area contributed by atoms with Crippen molar-refractivity contribution < 1.29 is 9.59 Å². The van der Waals surface area contributed by atoms with E-state index in [2.05, 4.69) is 17.6 Å². The fourth-order valence-corrected chi connectivity index (χ4v) is 4.51. The van der Waals surface area contributed by atoms with Gasteiger partial charge in [-0.1, -0.05) is 36.7 Å². The average molecular weight is 448 g/mol. The molecule has 1 heterocycles. The molecule has 6 heteroatoms. The molecule has 1 aliphatic rings. The number of amides is 2. The topological polar surface area (TPSA) is 61.4 Å². The molecule has 2 amide bonds. The molecular formula is C26H26ClN3O2. The zero-order valence-corrected chi connectivity index (χ0v) is 19.1. The minimum atomic E-state index is -0.170. The molecule has 2 atom stereocenters. The van der Waals surface area contributed by atoms with E-state index in [0.717, 1.165) is 16.8 Å². The molecule has 0 aromatic heterocycles. The van der Waals surface area contributed by atoms with Crippen LogP contribution in [0.3, 0.4) is 0 Å². The monoisotopic (exact) mass is 447 g/mol. The Morgan fingerprint density at radius 1 is 1.03 bits per heavy atom. The van der Waals surface area contributed by atoms with E-state index in [9.17, 15) is 9.59 Å². The summed E-state index contributed by atoms with van der Waals surface area (Å²) < 4.78 is 0. The third kappa shape index (κ3) is 4.27. The summed E-state index contributed by atoms with van der Waals surface area (Å²) in [5, 5.41) is 6.89. The first kappa shape index (κ1) is 22.1. The lowest BCUT2D eigenvalue weighted by Crippen LogP contribution is -2.43. The predicted molar refractivity (Wildman–Crippen MR) is 130 cm³/mol. The number of hydrogen-bond acceptors (Lipinski definition) is 3. The number of hydrogen-bond donors (Lipinski definition) is 2. The van der Waals surface area contributed by atoms with Crippen LogP contribution in [-0.4, -0.2) is 25.4 Å². The largest absolute Gasteiger partial charge is 0.322 e. The van der Waals surface area contributed by atoms with E-state index in [0.29, 0.717) is 28.4 Å². The third-order valence-corrected chi connectivity index (χ3v) is 6.23. The molecule has 3 aromatic rings. The first-order chi connectivity index (χ1) is 15.4. The van der Waals surface area contributed by atoms with Crippen LogP contribution in [-0.2, 0) is 0 Å². The van der Waals surface area contributed by atoms with Crippen molar-refractivity contribution in [1.82, 2.24) is 5.32 Å². The van der Waals surface area contributed by atoms with E-state index in [1.165, 1.54) is 0 Å². The fourth-order valence-electron chi connectivity index (χ4n) is 4.33. The highest BCUT2D eigenvalue weighted by atomic mass is 35.5. The lowest BCUT2D eigenvalue weighted by molar-refractivity contribution is 0.0977. The highest BCUT2D eigenvalue weighted by Gasteiger charge is 2.33. The summed E-state index contributed by atoms with van der Waals surface area (Å²) in [5.74, 6) is -0.0229. The molecule has 2 unspecified atom stereocenters. The number of rotatable bonds is 4. The lowest BCUT2D eigenvalue weighted by Gasteiger charge is -2.38. The van der Waals surface area contributed by atoms with Crippen LogP contribution in [0, 0.1) is 12.8 Å². The van der Waals surface area contributed by atoms with Crippen molar-refractivity contribution in [1.29, 1.82) is 0 Å². The Labute approximate surface area is 193 Å². The Hall–Kier alpha value is -3.15. The van der Waals surface area contributed by atoms with Crippen LogP contribution < -0.4 is 15.5 Å². The summed E-state index contributed by atoms with van der Waals surface area (Å²) in [5.41, 5.74) is 4.64. The number of nitrogens with zero attached hydrogens (tertiary/aromatic N) is 1. The van der Waals surface area contributed by atoms with E-state index >= 15 is 0 Å². The van der Waals surface area contributed by atoms with Gasteiger partial charge in [-0.05, 0) is 79.5 Å². The third-order valence-electron chi connectivity index (χ3n) is 5.99. The molecule has 0 bridgehead atoms. The number of carbonyl (C=O) groups excluding carboxylic acids is 2. The second-order valence-electron chi connectivity index (χ2n) is 8.21. The van der Waals surface area contributed by atoms with Crippen LogP contribution in [0.1, 0.15) is 44.8 Å². The molecule has 0 aliphatic carbocycles. The van der Waals surface area contributed by atoms with E-state index in [1.54, 1.807) is 30.3 Å². The minimum Gasteiger partial charge on any atom is -0.322 e. The molecule has 0 radical (unpaired) electrons. The second-order valence-corrected chi connectivity index (χ2v) is 8.65. The molecule has 1 aliphatic heterocycles. The first-order valence-corrected chi connectivity index (χ1v) is 11.0. The molecule has 32 heavy (non-hydrogen) atoms. The van der Waals surface area contributed by atoms with Gasteiger partial charge in [0.15, 0.2) is 0 Å². The molecule has 0 spiro atoms. The van der Waals surface area contributed by atoms with Crippen molar-refractivity contribution in [3.05, 3.63) is 94.0 Å². The number of nitrogens with one attached hydrogen (secondary N) is 2. The number of anilines is 2. The maximum atomic E-state index is 13.4. The van der Waals surface area contributed by atoms with Gasteiger partial charge in [0, 0.05) is 40.1 Å². The molecule has 3 aromatic carbocycles. The molecule has 5 nitrogen and oxygen atoms in total. The number of carbonyl (C=O) groups is 2. The minimum absolute atomic E-state index is 0.0771. The smallest absolute Gasteiger partial charge is 0.258 e. The molecule has 0 saturated heterocycles. The van der Waals surface area contributed by atoms with Gasteiger partial charge in [-0.3, -0.25) is 9.59 Å². The lowest BCUT2D eigenvalue weighted by atomic mass is 9.88. The number of aryl methyl sites for hydroxylation is 1. The van der Waals surface area contributed by atoms with Gasteiger partial charge >= 0.3 is 0 Å². The highest BCUT2D eigenvalue weighted by molar-refractivity contribution is 6.30. The van der Waals surface area contributed by atoms with Crippen LogP contribution >= 0.6 is 11.6 Å². The van der Waals surface area contributed by atoms with Gasteiger partial charge in [-0.25, -0.2) is 0 Å². The van der Waals surface area contributed by atoms with Gasteiger partial charge in [0.25, 0.3) is 11.8 Å². The van der Waals surface area contributed by atoms with Crippen LogP contribution in [0.4, 0.5) is 11.4 Å². The fraction of sp³-hybridized carbons (Fsp3) is 0.231. The quantitative estimate of drug-likeness (QED) is 0.558. The second kappa shape index (κ2) is 9.15. The molecular weight excluding hydrogens is 422 g/mol. The zero-order valence-electron chi connectivity index (χ0n) is 18.4. The maximum absolute atomic E-state index is 13.4. The van der Waals surface area contributed by atoms with Crippen molar-refractivity contribution in [3.8, 4) is 0 Å². The first-order valence-electron chi connectivity index (χ1n) is 10.6. The van der Waals surface area contributed by atoms with Gasteiger partial charge in [0.2, 0.25) is 0 Å². The number of benzene rings is 3. The number of halogens is 1. The maximum Gasteiger partial charge on any atom is 0.258 e. The molecule has 2 N–H and O–H groups in total. The van der Waals surface area contributed by atoms with Crippen molar-refractivity contribution in [2.45, 2.75) is 19.9 Å². The Morgan fingerprint density at radius 3 is 2.44 bits per heavy atom. The molecule has 164 valence electrons. The normalized spacial score (nSPS) is 17.6. The van der Waals surface area contributed by atoms with E-state index in [4.69, 9.17) is 11.6 Å². The van der Waals surface area contributed by atoms with E-state index < -0.39 is 0 Å². The van der Waals surface area contributed by atoms with Crippen molar-refractivity contribution >= 4 is 34.8 Å². The highest BCUT2D eigenvalue weighted by Crippen LogP contribution is 2.39. The van der Waals surface area contributed by atoms with Gasteiger partial charge in [0.1, 0.15) is 0 Å². The standard InChI is InChI=1S/C26H26ClN3O2/c1-16-6-4-5-7-21(16)25(31)29-20-11-8-18(9-12-20)26(32)30-15-17(2)24(28-3)22-14-19(27)10-13-23(22)30/h4-14,17,24,28H,15H2,1-3H3,(H,29,31). The Balaban J connectivity index is 1.55. The van der Waals surface area contributed by atoms with Crippen molar-refractivity contribution in [2.75, 3.05) is 23.8 Å². The summed E-state index contributed by atoms with van der Waals surface area (Å²) in [7, 11) is 1.92. The zero-order chi connectivity index (χ0) is 22.8. The average Bonchev–Trinajstić information content (AvgIpc) is 2.78. The van der Waals surface area contributed by atoms with E-state index in [1.807, 2.05) is 55.3 Å². The summed E-state index contributed by atoms with van der Waals surface area (Å²) in [6.45, 7) is 4.63. The molecule has 0 fully saturated rings. The number of fused-ring (bicyclic) bond motifs is 1. The SMILES string of the molecule is CNC1c2cc(Cl)ccc2N(C(=O)c2ccc(NC(=O)c3ccccc3C)cc2)CC1C. The molecule has 4 rings (SSSR count). The van der Waals surface area contributed by atoms with Gasteiger partial charge in [-0.15, -0.1) is 0 Å². The van der Waals surface area contributed by atoms with Crippen LogP contribution in [0.25, 0.3) is 0 Å². The van der Waals surface area contributed by atoms with Crippen LogP contribution in [0.2, 0.25) is 5.02 Å². The van der Waals surface area contributed by atoms with Crippen molar-refractivity contribution in [3.63, 3.8) is 0 Å². The van der Waals surface area contributed by atoms with Crippen LogP contribution in [0.15, 0.2) is 66.7 Å². The summed E-state index contributed by atoms with van der Waals surface area (Å²) in [6, 6.07) is 20.2. The van der Waals surface area contributed by atoms with Gasteiger partial charge < -0.3 is 15.5 Å². The Morgan fingerprint density at radius 2 is 1.75 bits per heavy atom. The van der Waals surface area contributed by atoms with Crippen LogP contribution in [0.5, 0.6) is 0 Å². The van der Waals surface area contributed by atoms with Gasteiger partial charge in [-0.2, -0.15) is 0 Å². The summed E-state index contributed by atoms with van der Waals surface area (Å²) in [6.07, 6.45) is 0. The molecule has 0 saturated carbocycles. The predicted octanol–water partition coefficient (Wildman–Crippen LogP) is 5.46. The Bertz CT molecular complexity index is 1160. The van der Waals surface area contributed by atoms with Gasteiger partial charge in [0.05, 0.1) is 0 Å². The Kier molecular flexibility index (Phi) is 6.31.